The smallest absolute Gasteiger partial charge is 0.326 e. The quantitative estimate of drug-likeness (QED) is 0.770. The first kappa shape index (κ1) is 17.0. The lowest BCUT2D eigenvalue weighted by Gasteiger charge is -2.20. The molecule has 0 saturated heterocycles. The third kappa shape index (κ3) is 5.10. The molecule has 0 spiro atoms. The van der Waals surface area contributed by atoms with Gasteiger partial charge in [-0.15, -0.1) is 0 Å². The molecule has 0 aliphatic heterocycles. The lowest BCUT2D eigenvalue weighted by Crippen LogP contribution is -2.45. The lowest BCUT2D eigenvalue weighted by molar-refractivity contribution is -0.143. The molecule has 1 rings (SSSR count). The number of carboxylic acids is 1. The number of carbonyl (C=O) groups is 2. The predicted octanol–water partition coefficient (Wildman–Crippen LogP) is 2.24. The number of hydrogen-bond donors (Lipinski definition) is 2. The zero-order chi connectivity index (χ0) is 15.8. The summed E-state index contributed by atoms with van der Waals surface area (Å²) in [6.45, 7) is 3.72. The number of methoxy groups -OCH3 is 1. The number of aliphatic carboxylic acids is 1. The molecule has 0 aliphatic carbocycles. The Hall–Kier alpha value is -2.04. The maximum Gasteiger partial charge on any atom is 0.326 e. The van der Waals surface area contributed by atoms with Gasteiger partial charge in [0.15, 0.2) is 0 Å². The SMILES string of the molecule is CCC(C)C(NC(=O)CCc1ccccc1OC)C(=O)O. The van der Waals surface area contributed by atoms with Gasteiger partial charge < -0.3 is 15.2 Å². The largest absolute Gasteiger partial charge is 0.496 e. The number of amides is 1. The molecule has 0 radical (unpaired) electrons. The molecule has 2 N–H and O–H groups in total. The minimum Gasteiger partial charge on any atom is -0.496 e. The number of benzene rings is 1. The maximum atomic E-state index is 11.9. The maximum absolute atomic E-state index is 11.9. The van der Waals surface area contributed by atoms with Crippen molar-refractivity contribution < 1.29 is 19.4 Å². The van der Waals surface area contributed by atoms with Gasteiger partial charge in [0.05, 0.1) is 7.11 Å². The highest BCUT2D eigenvalue weighted by atomic mass is 16.5. The van der Waals surface area contributed by atoms with Crippen molar-refractivity contribution in [2.45, 2.75) is 39.2 Å². The van der Waals surface area contributed by atoms with Crippen molar-refractivity contribution in [2.75, 3.05) is 7.11 Å². The molecule has 0 aromatic heterocycles. The molecule has 1 amide bonds. The highest BCUT2D eigenvalue weighted by Gasteiger charge is 2.25. The van der Waals surface area contributed by atoms with Gasteiger partial charge in [-0.05, 0) is 24.0 Å². The summed E-state index contributed by atoms with van der Waals surface area (Å²) in [4.78, 5) is 23.1. The second-order valence-electron chi connectivity index (χ2n) is 5.08. The zero-order valence-electron chi connectivity index (χ0n) is 12.8. The molecule has 0 fully saturated rings. The summed E-state index contributed by atoms with van der Waals surface area (Å²) >= 11 is 0. The fourth-order valence-electron chi connectivity index (χ4n) is 2.09. The summed E-state index contributed by atoms with van der Waals surface area (Å²) in [5.74, 6) is -0.608. The standard InChI is InChI=1S/C16H23NO4/c1-4-11(2)15(16(19)20)17-14(18)10-9-12-7-5-6-8-13(12)21-3/h5-8,11,15H,4,9-10H2,1-3H3,(H,17,18)(H,19,20). The first-order valence-corrected chi connectivity index (χ1v) is 7.13. The normalized spacial score (nSPS) is 13.3. The second kappa shape index (κ2) is 8.29. The monoisotopic (exact) mass is 293 g/mol. The summed E-state index contributed by atoms with van der Waals surface area (Å²) in [5.41, 5.74) is 0.936. The van der Waals surface area contributed by atoms with Crippen LogP contribution in [0.3, 0.4) is 0 Å². The van der Waals surface area contributed by atoms with Crippen molar-refractivity contribution >= 4 is 11.9 Å². The van der Waals surface area contributed by atoms with Gasteiger partial charge in [0, 0.05) is 6.42 Å². The molecular weight excluding hydrogens is 270 g/mol. The fraction of sp³-hybridized carbons (Fsp3) is 0.500. The Morgan fingerprint density at radius 1 is 1.33 bits per heavy atom. The fourth-order valence-corrected chi connectivity index (χ4v) is 2.09. The van der Waals surface area contributed by atoms with Crippen LogP contribution in [0.4, 0.5) is 0 Å². The first-order valence-electron chi connectivity index (χ1n) is 7.13. The van der Waals surface area contributed by atoms with Crippen LogP contribution in [0.1, 0.15) is 32.3 Å². The molecular formula is C16H23NO4. The van der Waals surface area contributed by atoms with Crippen molar-refractivity contribution in [3.05, 3.63) is 29.8 Å². The van der Waals surface area contributed by atoms with Crippen molar-refractivity contribution in [1.29, 1.82) is 0 Å². The molecule has 21 heavy (non-hydrogen) atoms. The Bertz CT molecular complexity index is 487. The number of aryl methyl sites for hydroxylation is 1. The van der Waals surface area contributed by atoms with Crippen molar-refractivity contribution in [3.63, 3.8) is 0 Å². The van der Waals surface area contributed by atoms with Gasteiger partial charge in [0.2, 0.25) is 5.91 Å². The average Bonchev–Trinajstić information content (AvgIpc) is 2.49. The summed E-state index contributed by atoms with van der Waals surface area (Å²) in [5, 5.41) is 11.8. The number of rotatable bonds is 8. The Balaban J connectivity index is 2.59. The van der Waals surface area contributed by atoms with E-state index in [1.165, 1.54) is 0 Å². The average molecular weight is 293 g/mol. The van der Waals surface area contributed by atoms with Crippen LogP contribution in [-0.4, -0.2) is 30.1 Å². The molecule has 0 saturated carbocycles. The van der Waals surface area contributed by atoms with E-state index in [-0.39, 0.29) is 18.2 Å². The van der Waals surface area contributed by atoms with E-state index in [1.54, 1.807) is 7.11 Å². The van der Waals surface area contributed by atoms with E-state index in [0.29, 0.717) is 12.8 Å². The minimum absolute atomic E-state index is 0.0993. The van der Waals surface area contributed by atoms with Crippen LogP contribution >= 0.6 is 0 Å². The lowest BCUT2D eigenvalue weighted by atomic mass is 9.99. The number of hydrogen-bond acceptors (Lipinski definition) is 3. The van der Waals surface area contributed by atoms with E-state index < -0.39 is 12.0 Å². The summed E-state index contributed by atoms with van der Waals surface area (Å²) in [7, 11) is 1.59. The van der Waals surface area contributed by atoms with E-state index in [2.05, 4.69) is 5.32 Å². The third-order valence-corrected chi connectivity index (χ3v) is 3.61. The molecule has 5 heteroatoms. The van der Waals surface area contributed by atoms with Gasteiger partial charge in [0.1, 0.15) is 11.8 Å². The predicted molar refractivity (Wildman–Crippen MR) is 80.3 cm³/mol. The van der Waals surface area contributed by atoms with Crippen molar-refractivity contribution in [2.24, 2.45) is 5.92 Å². The topological polar surface area (TPSA) is 75.6 Å². The Morgan fingerprint density at radius 2 is 2.00 bits per heavy atom. The Morgan fingerprint density at radius 3 is 2.57 bits per heavy atom. The van der Waals surface area contributed by atoms with E-state index in [0.717, 1.165) is 11.3 Å². The van der Waals surface area contributed by atoms with Gasteiger partial charge in [-0.2, -0.15) is 0 Å². The molecule has 0 heterocycles. The summed E-state index contributed by atoms with van der Waals surface area (Å²) in [6.07, 6.45) is 1.45. The van der Waals surface area contributed by atoms with Gasteiger partial charge in [0.25, 0.3) is 0 Å². The van der Waals surface area contributed by atoms with Crippen LogP contribution in [0.2, 0.25) is 0 Å². The third-order valence-electron chi connectivity index (χ3n) is 3.61. The molecule has 1 aromatic carbocycles. The number of ether oxygens (including phenoxy) is 1. The van der Waals surface area contributed by atoms with Crippen molar-refractivity contribution in [3.8, 4) is 5.75 Å². The van der Waals surface area contributed by atoms with Crippen molar-refractivity contribution in [1.82, 2.24) is 5.32 Å². The molecule has 1 aromatic rings. The number of carbonyl (C=O) groups excluding carboxylic acids is 1. The van der Waals surface area contributed by atoms with Gasteiger partial charge in [-0.25, -0.2) is 4.79 Å². The van der Waals surface area contributed by atoms with Crippen LogP contribution in [0, 0.1) is 5.92 Å². The summed E-state index contributed by atoms with van der Waals surface area (Å²) in [6, 6.07) is 6.66. The van der Waals surface area contributed by atoms with Gasteiger partial charge >= 0.3 is 5.97 Å². The van der Waals surface area contributed by atoms with Gasteiger partial charge in [-0.3, -0.25) is 4.79 Å². The van der Waals surface area contributed by atoms with Crippen LogP contribution in [0.5, 0.6) is 5.75 Å². The van der Waals surface area contributed by atoms with Crippen LogP contribution < -0.4 is 10.1 Å². The molecule has 0 aliphatic rings. The molecule has 0 bridgehead atoms. The Kier molecular flexibility index (Phi) is 6.72. The molecule has 116 valence electrons. The van der Waals surface area contributed by atoms with E-state index in [9.17, 15) is 9.59 Å². The molecule has 2 atom stereocenters. The number of para-hydroxylation sites is 1. The molecule has 5 nitrogen and oxygen atoms in total. The number of nitrogens with one attached hydrogen (secondary N) is 1. The van der Waals surface area contributed by atoms with Crippen LogP contribution in [0.15, 0.2) is 24.3 Å². The van der Waals surface area contributed by atoms with Gasteiger partial charge in [-0.1, -0.05) is 38.5 Å². The highest BCUT2D eigenvalue weighted by Crippen LogP contribution is 2.18. The minimum atomic E-state index is -0.991. The zero-order valence-corrected chi connectivity index (χ0v) is 12.8. The first-order chi connectivity index (χ1) is 9.99. The van der Waals surface area contributed by atoms with Crippen LogP contribution in [0.25, 0.3) is 0 Å². The van der Waals surface area contributed by atoms with E-state index in [1.807, 2.05) is 38.1 Å². The number of carboxylic acid groups (broad SMARTS) is 1. The van der Waals surface area contributed by atoms with E-state index in [4.69, 9.17) is 9.84 Å². The highest BCUT2D eigenvalue weighted by molar-refractivity contribution is 5.83. The van der Waals surface area contributed by atoms with Crippen LogP contribution in [-0.2, 0) is 16.0 Å². The second-order valence-corrected chi connectivity index (χ2v) is 5.08. The molecule has 2 unspecified atom stereocenters. The van der Waals surface area contributed by atoms with E-state index >= 15 is 0 Å². The Labute approximate surface area is 125 Å². The summed E-state index contributed by atoms with van der Waals surface area (Å²) < 4.78 is 5.23.